The third kappa shape index (κ3) is 6.86. The van der Waals surface area contributed by atoms with Crippen molar-refractivity contribution in [1.82, 2.24) is 0 Å². The van der Waals surface area contributed by atoms with Crippen LogP contribution < -0.4 is 0 Å². The first-order chi connectivity index (χ1) is 17.9. The minimum atomic E-state index is 0.0141. The van der Waals surface area contributed by atoms with E-state index >= 15 is 0 Å². The fraction of sp³-hybridized carbons (Fsp3) is 0.429. The molecule has 0 amide bonds. The predicted molar refractivity (Wildman–Crippen MR) is 155 cm³/mol. The van der Waals surface area contributed by atoms with Crippen molar-refractivity contribution < 1.29 is 9.59 Å². The Hall–Kier alpha value is -3.00. The zero-order valence-electron chi connectivity index (χ0n) is 23.0. The first kappa shape index (κ1) is 27.0. The molecule has 2 nitrogen and oxygen atoms in total. The highest BCUT2D eigenvalue weighted by Gasteiger charge is 2.39. The average molecular weight is 495 g/mol. The summed E-state index contributed by atoms with van der Waals surface area (Å²) in [5, 5.41) is 0. The summed E-state index contributed by atoms with van der Waals surface area (Å²) >= 11 is 0. The van der Waals surface area contributed by atoms with Crippen LogP contribution in [-0.4, -0.2) is 11.6 Å². The highest BCUT2D eigenvalue weighted by atomic mass is 16.1. The molecule has 194 valence electrons. The van der Waals surface area contributed by atoms with E-state index in [1.807, 2.05) is 32.1 Å². The number of Topliss-reactive ketones (excluding diaryl/α,β-unsaturated/α-hetero) is 2. The van der Waals surface area contributed by atoms with E-state index in [-0.39, 0.29) is 11.8 Å². The van der Waals surface area contributed by atoms with E-state index in [1.54, 1.807) is 0 Å². The standard InChI is InChI=1S/C35H42O2/c1-5-6-8-26(4)35(37)29-19-17-28(18-20-29)32-22-33(34(36)23-32)31-16-13-25(3)30(21-31)10-7-9-27-14-11-24(2)12-15-27/h5-8,10-16,21,28-29,32-33H,9,17-20,22-23H2,1-4H3. The molecule has 0 saturated heterocycles. The van der Waals surface area contributed by atoms with E-state index in [2.05, 4.69) is 68.5 Å². The Labute approximate surface area is 223 Å². The SMILES string of the molecule is CC=CC=C(C)C(=O)C1CCC(C2CC(=O)C(c3ccc(C)c(C=CCc4ccc(C)cc4)c3)C2)CC1. The van der Waals surface area contributed by atoms with Gasteiger partial charge in [-0.3, -0.25) is 9.59 Å². The lowest BCUT2D eigenvalue weighted by Crippen LogP contribution is -2.25. The van der Waals surface area contributed by atoms with Crippen molar-refractivity contribution in [3.8, 4) is 0 Å². The zero-order valence-corrected chi connectivity index (χ0v) is 23.0. The largest absolute Gasteiger partial charge is 0.299 e. The quantitative estimate of drug-likeness (QED) is 0.272. The van der Waals surface area contributed by atoms with Crippen LogP contribution in [0.15, 0.2) is 72.3 Å². The molecule has 4 rings (SSSR count). The highest BCUT2D eigenvalue weighted by molar-refractivity contribution is 5.96. The van der Waals surface area contributed by atoms with Gasteiger partial charge in [0.1, 0.15) is 5.78 Å². The van der Waals surface area contributed by atoms with Gasteiger partial charge in [0.05, 0.1) is 0 Å². The van der Waals surface area contributed by atoms with E-state index in [0.29, 0.717) is 29.8 Å². The van der Waals surface area contributed by atoms with E-state index in [1.165, 1.54) is 27.8 Å². The van der Waals surface area contributed by atoms with Crippen LogP contribution >= 0.6 is 0 Å². The molecule has 0 spiro atoms. The molecule has 2 atom stereocenters. The first-order valence-electron chi connectivity index (χ1n) is 14.0. The molecule has 2 aromatic carbocycles. The molecule has 2 unspecified atom stereocenters. The van der Waals surface area contributed by atoms with Gasteiger partial charge in [-0.25, -0.2) is 0 Å². The normalized spacial score (nSPS) is 24.9. The number of carbonyl (C=O) groups is 2. The van der Waals surface area contributed by atoms with E-state index in [0.717, 1.165) is 44.1 Å². The fourth-order valence-corrected chi connectivity index (χ4v) is 6.20. The van der Waals surface area contributed by atoms with Gasteiger partial charge in [-0.1, -0.05) is 78.4 Å². The summed E-state index contributed by atoms with van der Waals surface area (Å²) in [5.41, 5.74) is 7.07. The minimum absolute atomic E-state index is 0.0141. The summed E-state index contributed by atoms with van der Waals surface area (Å²) in [7, 11) is 0. The lowest BCUT2D eigenvalue weighted by molar-refractivity contribution is -0.121. The predicted octanol–water partition coefficient (Wildman–Crippen LogP) is 8.52. The number of allylic oxidation sites excluding steroid dienone is 5. The van der Waals surface area contributed by atoms with Gasteiger partial charge in [-0.15, -0.1) is 0 Å². The molecular weight excluding hydrogens is 452 g/mol. The molecule has 2 aliphatic rings. The summed E-state index contributed by atoms with van der Waals surface area (Å²) in [4.78, 5) is 25.9. The topological polar surface area (TPSA) is 34.1 Å². The molecule has 0 bridgehead atoms. The van der Waals surface area contributed by atoms with Gasteiger partial charge >= 0.3 is 0 Å². The van der Waals surface area contributed by atoms with Crippen LogP contribution in [0, 0.1) is 31.6 Å². The van der Waals surface area contributed by atoms with Crippen LogP contribution in [0.2, 0.25) is 0 Å². The van der Waals surface area contributed by atoms with Gasteiger partial charge in [-0.05, 0) is 106 Å². The van der Waals surface area contributed by atoms with E-state index < -0.39 is 0 Å². The number of aryl methyl sites for hydroxylation is 2. The molecule has 37 heavy (non-hydrogen) atoms. The second-order valence-corrected chi connectivity index (χ2v) is 11.3. The van der Waals surface area contributed by atoms with Crippen LogP contribution in [-0.2, 0) is 16.0 Å². The molecule has 2 saturated carbocycles. The molecule has 2 fully saturated rings. The van der Waals surface area contributed by atoms with Crippen molar-refractivity contribution in [3.63, 3.8) is 0 Å². The van der Waals surface area contributed by atoms with Crippen molar-refractivity contribution in [1.29, 1.82) is 0 Å². The molecule has 2 heteroatoms. The highest BCUT2D eigenvalue weighted by Crippen LogP contribution is 2.45. The van der Waals surface area contributed by atoms with Crippen LogP contribution in [0.5, 0.6) is 0 Å². The first-order valence-corrected chi connectivity index (χ1v) is 14.0. The molecular formula is C35H42O2. The van der Waals surface area contributed by atoms with Gasteiger partial charge in [0.25, 0.3) is 0 Å². The summed E-state index contributed by atoms with van der Waals surface area (Å²) in [6.07, 6.45) is 16.9. The second kappa shape index (κ2) is 12.5. The number of ketones is 2. The number of benzene rings is 2. The average Bonchev–Trinajstić information content (AvgIpc) is 3.30. The summed E-state index contributed by atoms with van der Waals surface area (Å²) in [5.74, 6) is 1.88. The molecule has 0 radical (unpaired) electrons. The Kier molecular flexibility index (Phi) is 9.14. The number of hydrogen-bond donors (Lipinski definition) is 0. The maximum Gasteiger partial charge on any atom is 0.161 e. The maximum absolute atomic E-state index is 13.1. The minimum Gasteiger partial charge on any atom is -0.299 e. The van der Waals surface area contributed by atoms with Crippen molar-refractivity contribution >= 4 is 17.6 Å². The monoisotopic (exact) mass is 494 g/mol. The molecule has 0 aliphatic heterocycles. The molecule has 0 heterocycles. The van der Waals surface area contributed by atoms with E-state index in [4.69, 9.17) is 0 Å². The third-order valence-corrected chi connectivity index (χ3v) is 8.60. The molecule has 2 aromatic rings. The van der Waals surface area contributed by atoms with Crippen molar-refractivity contribution in [2.75, 3.05) is 0 Å². The summed E-state index contributed by atoms with van der Waals surface area (Å²) in [6, 6.07) is 15.3. The van der Waals surface area contributed by atoms with Crippen molar-refractivity contribution in [2.45, 2.75) is 78.6 Å². The van der Waals surface area contributed by atoms with Crippen LogP contribution in [0.1, 0.15) is 86.1 Å². The number of hydrogen-bond acceptors (Lipinski definition) is 2. The third-order valence-electron chi connectivity index (χ3n) is 8.60. The smallest absolute Gasteiger partial charge is 0.161 e. The van der Waals surface area contributed by atoms with Crippen molar-refractivity contribution in [2.24, 2.45) is 17.8 Å². The summed E-state index contributed by atoms with van der Waals surface area (Å²) < 4.78 is 0. The number of carbonyl (C=O) groups excluding carboxylic acids is 2. The van der Waals surface area contributed by atoms with Crippen LogP contribution in [0.3, 0.4) is 0 Å². The Balaban J connectivity index is 1.36. The summed E-state index contributed by atoms with van der Waals surface area (Å²) in [6.45, 7) is 8.16. The van der Waals surface area contributed by atoms with Gasteiger partial charge in [0, 0.05) is 18.3 Å². The Morgan fingerprint density at radius 2 is 1.70 bits per heavy atom. The van der Waals surface area contributed by atoms with Gasteiger partial charge < -0.3 is 0 Å². The zero-order chi connectivity index (χ0) is 26.4. The second-order valence-electron chi connectivity index (χ2n) is 11.3. The van der Waals surface area contributed by atoms with Crippen molar-refractivity contribution in [3.05, 3.63) is 100 Å². The lowest BCUT2D eigenvalue weighted by atomic mass is 9.73. The Morgan fingerprint density at radius 3 is 2.41 bits per heavy atom. The molecule has 0 aromatic heterocycles. The molecule has 2 aliphatic carbocycles. The molecule has 0 N–H and O–H groups in total. The van der Waals surface area contributed by atoms with Gasteiger partial charge in [0.2, 0.25) is 0 Å². The van der Waals surface area contributed by atoms with Crippen LogP contribution in [0.4, 0.5) is 0 Å². The Bertz CT molecular complexity index is 1190. The van der Waals surface area contributed by atoms with Crippen LogP contribution in [0.25, 0.3) is 6.08 Å². The van der Waals surface area contributed by atoms with Gasteiger partial charge in [-0.2, -0.15) is 0 Å². The fourth-order valence-electron chi connectivity index (χ4n) is 6.20. The van der Waals surface area contributed by atoms with E-state index in [9.17, 15) is 9.59 Å². The Morgan fingerprint density at radius 1 is 0.973 bits per heavy atom. The number of rotatable bonds is 8. The maximum atomic E-state index is 13.1. The lowest BCUT2D eigenvalue weighted by Gasteiger charge is -2.31. The van der Waals surface area contributed by atoms with Gasteiger partial charge in [0.15, 0.2) is 5.78 Å².